The quantitative estimate of drug-likeness (QED) is 0.494. The number of hydrogen-bond donors (Lipinski definition) is 3. The molecular weight excluding hydrogens is 316 g/mol. The first-order valence-electron chi connectivity index (χ1n) is 7.86. The van der Waals surface area contributed by atoms with Crippen LogP contribution >= 0.6 is 0 Å². The minimum atomic E-state index is -0.389. The standard InChI is InChI=1S/C19H18N4O2/c1-13-2-5-15(6-3-13)19(25)21-12-18(24)23-22-11-14-4-7-17-16(10-14)8-9-20-17/h2-11,20H,12H2,1H3,(H,21,25)(H,23,24)/b22-11+. The molecule has 1 heterocycles. The number of carbonyl (C=O) groups is 2. The van der Waals surface area contributed by atoms with Gasteiger partial charge in [0.25, 0.3) is 11.8 Å². The molecule has 0 aliphatic rings. The number of carbonyl (C=O) groups excluding carboxylic acids is 2. The number of hydrazone groups is 1. The van der Waals surface area contributed by atoms with Gasteiger partial charge in [0, 0.05) is 17.3 Å². The summed E-state index contributed by atoms with van der Waals surface area (Å²) in [5.41, 5.74) is 5.90. The van der Waals surface area contributed by atoms with Crippen molar-refractivity contribution in [1.29, 1.82) is 0 Å². The fraction of sp³-hybridized carbons (Fsp3) is 0.105. The Morgan fingerprint density at radius 3 is 2.72 bits per heavy atom. The minimum absolute atomic E-state index is 0.138. The summed E-state index contributed by atoms with van der Waals surface area (Å²) >= 11 is 0. The molecule has 1 aromatic heterocycles. The molecule has 0 spiro atoms. The van der Waals surface area contributed by atoms with Gasteiger partial charge in [0.1, 0.15) is 0 Å². The topological polar surface area (TPSA) is 86.3 Å². The molecular formula is C19H18N4O2. The fourth-order valence-electron chi connectivity index (χ4n) is 2.34. The molecule has 3 N–H and O–H groups in total. The highest BCUT2D eigenvalue weighted by atomic mass is 16.2. The lowest BCUT2D eigenvalue weighted by molar-refractivity contribution is -0.120. The van der Waals surface area contributed by atoms with Crippen LogP contribution in [0.2, 0.25) is 0 Å². The van der Waals surface area contributed by atoms with Gasteiger partial charge in [-0.05, 0) is 48.2 Å². The van der Waals surface area contributed by atoms with Crippen molar-refractivity contribution in [2.75, 3.05) is 6.54 Å². The van der Waals surface area contributed by atoms with Gasteiger partial charge in [0.05, 0.1) is 12.8 Å². The van der Waals surface area contributed by atoms with Gasteiger partial charge in [0.2, 0.25) is 0 Å². The van der Waals surface area contributed by atoms with Crippen molar-refractivity contribution in [3.63, 3.8) is 0 Å². The summed E-state index contributed by atoms with van der Waals surface area (Å²) in [7, 11) is 0. The third-order valence-electron chi connectivity index (χ3n) is 3.70. The van der Waals surface area contributed by atoms with Crippen molar-refractivity contribution in [2.24, 2.45) is 5.10 Å². The summed E-state index contributed by atoms with van der Waals surface area (Å²) in [4.78, 5) is 26.8. The van der Waals surface area contributed by atoms with Crippen LogP contribution in [0.15, 0.2) is 59.8 Å². The number of nitrogens with zero attached hydrogens (tertiary/aromatic N) is 1. The molecule has 2 amide bonds. The maximum Gasteiger partial charge on any atom is 0.259 e. The monoisotopic (exact) mass is 334 g/mol. The Kier molecular flexibility index (Phi) is 4.89. The van der Waals surface area contributed by atoms with Crippen molar-refractivity contribution >= 4 is 28.9 Å². The smallest absolute Gasteiger partial charge is 0.259 e. The molecule has 0 unspecified atom stereocenters. The number of rotatable bonds is 5. The summed E-state index contributed by atoms with van der Waals surface area (Å²) < 4.78 is 0. The Labute approximate surface area is 144 Å². The highest BCUT2D eigenvalue weighted by Crippen LogP contribution is 2.12. The van der Waals surface area contributed by atoms with Crippen LogP contribution in [0.1, 0.15) is 21.5 Å². The lowest BCUT2D eigenvalue weighted by Gasteiger charge is -2.04. The van der Waals surface area contributed by atoms with E-state index in [-0.39, 0.29) is 18.4 Å². The van der Waals surface area contributed by atoms with Crippen LogP contribution in [0.25, 0.3) is 10.9 Å². The highest BCUT2D eigenvalue weighted by Gasteiger charge is 2.07. The van der Waals surface area contributed by atoms with Gasteiger partial charge >= 0.3 is 0 Å². The third-order valence-corrected chi connectivity index (χ3v) is 3.70. The molecule has 2 aromatic carbocycles. The van der Waals surface area contributed by atoms with Crippen LogP contribution in [0, 0.1) is 6.92 Å². The van der Waals surface area contributed by atoms with Crippen molar-refractivity contribution in [2.45, 2.75) is 6.92 Å². The summed E-state index contributed by atoms with van der Waals surface area (Å²) in [5.74, 6) is -0.684. The first kappa shape index (κ1) is 16.4. The fourth-order valence-corrected chi connectivity index (χ4v) is 2.34. The molecule has 0 saturated carbocycles. The molecule has 25 heavy (non-hydrogen) atoms. The molecule has 0 saturated heterocycles. The van der Waals surface area contributed by atoms with Gasteiger partial charge in [-0.3, -0.25) is 9.59 Å². The molecule has 0 aliphatic carbocycles. The molecule has 0 radical (unpaired) electrons. The van der Waals surface area contributed by atoms with Crippen molar-refractivity contribution in [3.8, 4) is 0 Å². The van der Waals surface area contributed by atoms with Crippen molar-refractivity contribution in [3.05, 3.63) is 71.4 Å². The van der Waals surface area contributed by atoms with E-state index < -0.39 is 0 Å². The Bertz CT molecular complexity index is 926. The van der Waals surface area contributed by atoms with E-state index in [1.54, 1.807) is 18.3 Å². The first-order valence-corrected chi connectivity index (χ1v) is 7.86. The zero-order valence-corrected chi connectivity index (χ0v) is 13.7. The molecule has 126 valence electrons. The van der Waals surface area contributed by atoms with E-state index in [1.165, 1.54) is 0 Å². The van der Waals surface area contributed by atoms with E-state index in [4.69, 9.17) is 0 Å². The zero-order valence-electron chi connectivity index (χ0n) is 13.7. The van der Waals surface area contributed by atoms with E-state index >= 15 is 0 Å². The van der Waals surface area contributed by atoms with E-state index in [0.29, 0.717) is 5.56 Å². The van der Waals surface area contributed by atoms with Gasteiger partial charge in [-0.2, -0.15) is 5.10 Å². The average molecular weight is 334 g/mol. The van der Waals surface area contributed by atoms with Gasteiger partial charge < -0.3 is 10.3 Å². The van der Waals surface area contributed by atoms with Crippen LogP contribution in [0.5, 0.6) is 0 Å². The Hall–Kier alpha value is -3.41. The third kappa shape index (κ3) is 4.32. The van der Waals surface area contributed by atoms with Crippen molar-refractivity contribution < 1.29 is 9.59 Å². The second-order valence-electron chi connectivity index (χ2n) is 5.67. The maximum atomic E-state index is 11.9. The van der Waals surface area contributed by atoms with Crippen LogP contribution in [0.4, 0.5) is 0 Å². The Morgan fingerprint density at radius 1 is 1.12 bits per heavy atom. The Morgan fingerprint density at radius 2 is 1.92 bits per heavy atom. The van der Waals surface area contributed by atoms with Crippen LogP contribution < -0.4 is 10.7 Å². The minimum Gasteiger partial charge on any atom is -0.361 e. The van der Waals surface area contributed by atoms with Gasteiger partial charge in [-0.15, -0.1) is 0 Å². The lowest BCUT2D eigenvalue weighted by Crippen LogP contribution is -2.34. The predicted molar refractivity (Wildman–Crippen MR) is 97.5 cm³/mol. The lowest BCUT2D eigenvalue weighted by atomic mass is 10.1. The maximum absolute atomic E-state index is 11.9. The summed E-state index contributed by atoms with van der Waals surface area (Å²) in [5, 5.41) is 7.54. The van der Waals surface area contributed by atoms with E-state index in [2.05, 4.69) is 20.8 Å². The number of benzene rings is 2. The SMILES string of the molecule is Cc1ccc(C(=O)NCC(=O)N/N=C/c2ccc3[nH]ccc3c2)cc1. The van der Waals surface area contributed by atoms with E-state index in [9.17, 15) is 9.59 Å². The number of fused-ring (bicyclic) bond motifs is 1. The summed E-state index contributed by atoms with van der Waals surface area (Å²) in [6, 6.07) is 14.9. The highest BCUT2D eigenvalue weighted by molar-refractivity contribution is 5.96. The normalized spacial score (nSPS) is 10.9. The first-order chi connectivity index (χ1) is 12.1. The molecule has 6 heteroatoms. The van der Waals surface area contributed by atoms with Crippen LogP contribution in [0.3, 0.4) is 0 Å². The molecule has 0 aliphatic heterocycles. The number of nitrogens with one attached hydrogen (secondary N) is 3. The van der Waals surface area contributed by atoms with Crippen LogP contribution in [-0.4, -0.2) is 29.6 Å². The summed E-state index contributed by atoms with van der Waals surface area (Å²) in [6.45, 7) is 1.81. The number of aromatic amines is 1. The molecule has 0 bridgehead atoms. The number of aromatic nitrogens is 1. The Balaban J connectivity index is 1.48. The molecule has 0 fully saturated rings. The molecule has 3 aromatic rings. The largest absolute Gasteiger partial charge is 0.361 e. The number of amides is 2. The van der Waals surface area contributed by atoms with E-state index in [1.807, 2.05) is 49.5 Å². The zero-order chi connectivity index (χ0) is 17.6. The average Bonchev–Trinajstić information content (AvgIpc) is 3.08. The summed E-state index contributed by atoms with van der Waals surface area (Å²) in [6.07, 6.45) is 3.43. The molecule has 0 atom stereocenters. The van der Waals surface area contributed by atoms with E-state index in [0.717, 1.165) is 22.0 Å². The second-order valence-corrected chi connectivity index (χ2v) is 5.67. The predicted octanol–water partition coefficient (Wildman–Crippen LogP) is 2.36. The van der Waals surface area contributed by atoms with Crippen molar-refractivity contribution in [1.82, 2.24) is 15.7 Å². The van der Waals surface area contributed by atoms with Crippen LogP contribution in [-0.2, 0) is 4.79 Å². The number of aryl methyl sites for hydroxylation is 1. The number of hydrogen-bond acceptors (Lipinski definition) is 3. The number of H-pyrrole nitrogens is 1. The molecule has 3 rings (SSSR count). The molecule has 6 nitrogen and oxygen atoms in total. The van der Waals surface area contributed by atoms with Gasteiger partial charge in [-0.25, -0.2) is 5.43 Å². The van der Waals surface area contributed by atoms with Gasteiger partial charge in [-0.1, -0.05) is 23.8 Å². The van der Waals surface area contributed by atoms with Gasteiger partial charge in [0.15, 0.2) is 0 Å². The second kappa shape index (κ2) is 7.44.